The van der Waals surface area contributed by atoms with Gasteiger partial charge in [0.15, 0.2) is 0 Å². The van der Waals surface area contributed by atoms with Gasteiger partial charge in [0.1, 0.15) is 17.1 Å². The molecule has 2 fully saturated rings. The minimum atomic E-state index is -0.419. The molecule has 0 aliphatic carbocycles. The van der Waals surface area contributed by atoms with Crippen LogP contribution in [0.1, 0.15) is 27.9 Å². The van der Waals surface area contributed by atoms with E-state index >= 15 is 0 Å². The first-order chi connectivity index (χ1) is 24.0. The molecule has 3 heterocycles. The SMILES string of the molecule is COC(=O)c1ccc(N2CCN(Cc3ccccc3-c3ccc(Cl)cc3)CC2)cc1Oc1ccc2[nH]cc(CCCN3CCOCC3)c2c1. The first-order valence-electron chi connectivity index (χ1n) is 17.2. The van der Waals surface area contributed by atoms with Crippen molar-refractivity contribution < 1.29 is 19.0 Å². The number of morpholine rings is 1. The minimum absolute atomic E-state index is 0.406. The average molecular weight is 679 g/mol. The molecule has 0 atom stereocenters. The molecule has 0 radical (unpaired) electrons. The molecule has 0 saturated carbocycles. The number of carbonyl (C=O) groups excluding carboxylic acids is 1. The van der Waals surface area contributed by atoms with Crippen LogP contribution in [0.4, 0.5) is 5.69 Å². The molecule has 0 unspecified atom stereocenters. The number of piperazine rings is 1. The van der Waals surface area contributed by atoms with Crippen molar-refractivity contribution in [2.24, 2.45) is 0 Å². The number of hydrogen-bond donors (Lipinski definition) is 1. The van der Waals surface area contributed by atoms with E-state index in [1.807, 2.05) is 42.5 Å². The highest BCUT2D eigenvalue weighted by atomic mass is 35.5. The van der Waals surface area contributed by atoms with Crippen LogP contribution in [0.3, 0.4) is 0 Å². The predicted molar refractivity (Wildman–Crippen MR) is 196 cm³/mol. The summed E-state index contributed by atoms with van der Waals surface area (Å²) in [5.74, 6) is 0.762. The number of hydrogen-bond acceptors (Lipinski definition) is 7. The third-order valence-electron chi connectivity index (χ3n) is 9.67. The predicted octanol–water partition coefficient (Wildman–Crippen LogP) is 7.65. The van der Waals surface area contributed by atoms with E-state index in [0.717, 1.165) is 100 Å². The van der Waals surface area contributed by atoms with Crippen LogP contribution in [-0.2, 0) is 22.4 Å². The van der Waals surface area contributed by atoms with Crippen LogP contribution in [0, 0.1) is 0 Å². The quantitative estimate of drug-likeness (QED) is 0.144. The van der Waals surface area contributed by atoms with Gasteiger partial charge in [-0.15, -0.1) is 0 Å². The van der Waals surface area contributed by atoms with Crippen LogP contribution < -0.4 is 9.64 Å². The zero-order chi connectivity index (χ0) is 33.6. The molecular weight excluding hydrogens is 636 g/mol. The summed E-state index contributed by atoms with van der Waals surface area (Å²) in [6, 6.07) is 28.5. The Balaban J connectivity index is 1.03. The summed E-state index contributed by atoms with van der Waals surface area (Å²) in [5.41, 5.74) is 7.48. The number of H-pyrrole nitrogens is 1. The van der Waals surface area contributed by atoms with Crippen LogP contribution in [0.15, 0.2) is 91.1 Å². The first-order valence-corrected chi connectivity index (χ1v) is 17.5. The highest BCUT2D eigenvalue weighted by Crippen LogP contribution is 2.34. The van der Waals surface area contributed by atoms with Crippen molar-refractivity contribution in [3.8, 4) is 22.6 Å². The highest BCUT2D eigenvalue weighted by molar-refractivity contribution is 6.30. The average Bonchev–Trinajstić information content (AvgIpc) is 3.54. The van der Waals surface area contributed by atoms with Gasteiger partial charge >= 0.3 is 5.97 Å². The lowest BCUT2D eigenvalue weighted by atomic mass is 9.99. The summed E-state index contributed by atoms with van der Waals surface area (Å²) >= 11 is 6.15. The smallest absolute Gasteiger partial charge is 0.341 e. The van der Waals surface area contributed by atoms with Crippen LogP contribution >= 0.6 is 11.6 Å². The van der Waals surface area contributed by atoms with Crippen LogP contribution in [0.25, 0.3) is 22.0 Å². The summed E-state index contributed by atoms with van der Waals surface area (Å²) < 4.78 is 17.1. The summed E-state index contributed by atoms with van der Waals surface area (Å²) in [7, 11) is 1.40. The molecule has 0 spiro atoms. The van der Waals surface area contributed by atoms with Gasteiger partial charge in [0.05, 0.1) is 20.3 Å². The Hall–Kier alpha value is -4.34. The number of anilines is 1. The Morgan fingerprint density at radius 1 is 0.857 bits per heavy atom. The minimum Gasteiger partial charge on any atom is -0.465 e. The molecule has 1 aromatic heterocycles. The molecule has 1 N–H and O–H groups in total. The Morgan fingerprint density at radius 3 is 2.45 bits per heavy atom. The lowest BCUT2D eigenvalue weighted by Crippen LogP contribution is -2.46. The monoisotopic (exact) mass is 678 g/mol. The van der Waals surface area contributed by atoms with Gasteiger partial charge in [-0.05, 0) is 84.1 Å². The van der Waals surface area contributed by atoms with E-state index in [2.05, 4.69) is 68.3 Å². The number of methoxy groups -OCH3 is 1. The fraction of sp³-hybridized carbons (Fsp3) is 0.325. The normalized spacial score (nSPS) is 15.8. The second-order valence-corrected chi connectivity index (χ2v) is 13.2. The number of ether oxygens (including phenoxy) is 3. The van der Waals surface area contributed by atoms with Gasteiger partial charge < -0.3 is 24.1 Å². The van der Waals surface area contributed by atoms with E-state index in [0.29, 0.717) is 17.1 Å². The summed E-state index contributed by atoms with van der Waals surface area (Å²) in [5, 5.41) is 1.89. The Morgan fingerprint density at radius 2 is 1.65 bits per heavy atom. The summed E-state index contributed by atoms with van der Waals surface area (Å²) in [4.78, 5) is 23.5. The van der Waals surface area contributed by atoms with Crippen LogP contribution in [-0.4, -0.2) is 86.9 Å². The van der Waals surface area contributed by atoms with E-state index in [9.17, 15) is 4.79 Å². The lowest BCUT2D eigenvalue weighted by Gasteiger charge is -2.36. The van der Waals surface area contributed by atoms with Crippen molar-refractivity contribution >= 4 is 34.2 Å². The largest absolute Gasteiger partial charge is 0.465 e. The summed E-state index contributed by atoms with van der Waals surface area (Å²) in [6.45, 7) is 9.15. The van der Waals surface area contributed by atoms with E-state index in [4.69, 9.17) is 25.8 Å². The zero-order valence-electron chi connectivity index (χ0n) is 28.0. The number of nitrogens with one attached hydrogen (secondary N) is 1. The second-order valence-electron chi connectivity index (χ2n) is 12.8. The van der Waals surface area contributed by atoms with Gasteiger partial charge in [0, 0.05) is 79.7 Å². The van der Waals surface area contributed by atoms with Gasteiger partial charge in [-0.2, -0.15) is 0 Å². The van der Waals surface area contributed by atoms with E-state index in [1.54, 1.807) is 0 Å². The number of aromatic amines is 1. The summed E-state index contributed by atoms with van der Waals surface area (Å²) in [6.07, 6.45) is 4.15. The third-order valence-corrected chi connectivity index (χ3v) is 9.92. The molecule has 4 aromatic carbocycles. The standard InChI is InChI=1S/C40H43ClN4O4/c1-47-40(46)36-14-12-33(45-19-17-44(18-20-45)28-31-5-2-3-7-35(31)29-8-10-32(41)11-9-29)25-39(36)49-34-13-15-38-37(26-34)30(27-42-38)6-4-16-43-21-23-48-24-22-43/h2-3,5,7-15,25-27,42H,4,6,16-24,28H2,1H3. The van der Waals surface area contributed by atoms with Gasteiger partial charge in [0.25, 0.3) is 0 Å². The van der Waals surface area contributed by atoms with Crippen molar-refractivity contribution in [3.63, 3.8) is 0 Å². The number of rotatable bonds is 11. The maximum atomic E-state index is 12.8. The Bertz CT molecular complexity index is 1880. The fourth-order valence-corrected chi connectivity index (χ4v) is 7.04. The molecule has 0 bridgehead atoms. The lowest BCUT2D eigenvalue weighted by molar-refractivity contribution is 0.0375. The number of aryl methyl sites for hydroxylation is 1. The van der Waals surface area contributed by atoms with Crippen molar-refractivity contribution in [3.05, 3.63) is 113 Å². The highest BCUT2D eigenvalue weighted by Gasteiger charge is 2.22. The third kappa shape index (κ3) is 7.94. The number of aromatic nitrogens is 1. The first kappa shape index (κ1) is 33.2. The van der Waals surface area contributed by atoms with Crippen molar-refractivity contribution in [2.75, 3.05) is 71.0 Å². The van der Waals surface area contributed by atoms with E-state index < -0.39 is 5.97 Å². The van der Waals surface area contributed by atoms with Gasteiger partial charge in [-0.25, -0.2) is 4.79 Å². The Kier molecular flexibility index (Phi) is 10.5. The second kappa shape index (κ2) is 15.5. The molecule has 7 rings (SSSR count). The number of nitrogens with zero attached hydrogens (tertiary/aromatic N) is 3. The Labute approximate surface area is 293 Å². The molecule has 5 aromatic rings. The van der Waals surface area contributed by atoms with Crippen LogP contribution in [0.2, 0.25) is 5.02 Å². The van der Waals surface area contributed by atoms with E-state index in [-0.39, 0.29) is 0 Å². The van der Waals surface area contributed by atoms with Gasteiger partial charge in [0.2, 0.25) is 0 Å². The molecule has 0 amide bonds. The van der Waals surface area contributed by atoms with Crippen LogP contribution in [0.5, 0.6) is 11.5 Å². The number of esters is 1. The molecule has 254 valence electrons. The molecular formula is C40H43ClN4O4. The van der Waals surface area contributed by atoms with Gasteiger partial charge in [-0.1, -0.05) is 48.0 Å². The number of halogens is 1. The van der Waals surface area contributed by atoms with E-state index in [1.165, 1.54) is 29.4 Å². The molecule has 2 saturated heterocycles. The molecule has 2 aliphatic heterocycles. The topological polar surface area (TPSA) is 70.3 Å². The number of benzene rings is 4. The number of fused-ring (bicyclic) bond motifs is 1. The van der Waals surface area contributed by atoms with Crippen molar-refractivity contribution in [2.45, 2.75) is 19.4 Å². The fourth-order valence-electron chi connectivity index (χ4n) is 6.92. The maximum absolute atomic E-state index is 12.8. The molecule has 2 aliphatic rings. The molecule has 9 heteroatoms. The zero-order valence-corrected chi connectivity index (χ0v) is 28.8. The van der Waals surface area contributed by atoms with Gasteiger partial charge in [-0.3, -0.25) is 9.80 Å². The van der Waals surface area contributed by atoms with Crippen molar-refractivity contribution in [1.82, 2.24) is 14.8 Å². The molecule has 49 heavy (non-hydrogen) atoms. The maximum Gasteiger partial charge on any atom is 0.341 e. The molecule has 8 nitrogen and oxygen atoms in total. The van der Waals surface area contributed by atoms with Crippen molar-refractivity contribution in [1.29, 1.82) is 0 Å². The number of carbonyl (C=O) groups is 1.